The van der Waals surface area contributed by atoms with Crippen molar-refractivity contribution in [2.45, 2.75) is 6.42 Å². The molecule has 0 N–H and O–H groups in total. The van der Waals surface area contributed by atoms with Gasteiger partial charge in [0, 0.05) is 0 Å². The van der Waals surface area contributed by atoms with Gasteiger partial charge in [-0.3, -0.25) is 4.99 Å². The number of aliphatic imine (C=N–C) groups is 1. The van der Waals surface area contributed by atoms with Crippen molar-refractivity contribution in [3.63, 3.8) is 0 Å². The summed E-state index contributed by atoms with van der Waals surface area (Å²) in [7, 11) is 0. The fourth-order valence-electron chi connectivity index (χ4n) is 2.56. The molecule has 0 amide bonds. The SMILES string of the molecule is C=N/C(=C\Cc1ccc(-c2ccccc2)cc1)c1ccccc1. The minimum Gasteiger partial charge on any atom is -0.264 e. The van der Waals surface area contributed by atoms with Crippen LogP contribution in [0.15, 0.2) is 96.0 Å². The van der Waals surface area contributed by atoms with Crippen LogP contribution in [0.2, 0.25) is 0 Å². The first-order valence-corrected chi connectivity index (χ1v) is 7.73. The topological polar surface area (TPSA) is 12.4 Å². The van der Waals surface area contributed by atoms with Gasteiger partial charge in [-0.15, -0.1) is 0 Å². The Bertz CT molecular complexity index is 784. The van der Waals surface area contributed by atoms with Crippen LogP contribution in [-0.2, 0) is 6.42 Å². The van der Waals surface area contributed by atoms with Crippen molar-refractivity contribution in [1.29, 1.82) is 0 Å². The molecule has 1 nitrogen and oxygen atoms in total. The maximum Gasteiger partial charge on any atom is 0.0658 e. The molecule has 0 aliphatic heterocycles. The van der Waals surface area contributed by atoms with Crippen LogP contribution in [0.5, 0.6) is 0 Å². The van der Waals surface area contributed by atoms with E-state index in [1.807, 2.05) is 24.3 Å². The van der Waals surface area contributed by atoms with E-state index in [0.717, 1.165) is 17.7 Å². The van der Waals surface area contributed by atoms with Crippen LogP contribution in [0.3, 0.4) is 0 Å². The quantitative estimate of drug-likeness (QED) is 0.541. The van der Waals surface area contributed by atoms with Crippen molar-refractivity contribution in [3.8, 4) is 11.1 Å². The monoisotopic (exact) mass is 297 g/mol. The van der Waals surface area contributed by atoms with Gasteiger partial charge in [0.15, 0.2) is 0 Å². The lowest BCUT2D eigenvalue weighted by molar-refractivity contribution is 1.26. The molecule has 0 fully saturated rings. The van der Waals surface area contributed by atoms with Crippen LogP contribution in [0.25, 0.3) is 16.8 Å². The number of hydrogen-bond donors (Lipinski definition) is 0. The molecule has 3 aromatic carbocycles. The highest BCUT2D eigenvalue weighted by atomic mass is 14.7. The second-order valence-corrected chi connectivity index (χ2v) is 5.38. The zero-order chi connectivity index (χ0) is 15.9. The van der Waals surface area contributed by atoms with Crippen LogP contribution < -0.4 is 0 Å². The fourth-order valence-corrected chi connectivity index (χ4v) is 2.56. The molecule has 0 bridgehead atoms. The van der Waals surface area contributed by atoms with Gasteiger partial charge in [0.1, 0.15) is 0 Å². The lowest BCUT2D eigenvalue weighted by atomic mass is 10.0. The smallest absolute Gasteiger partial charge is 0.0658 e. The van der Waals surface area contributed by atoms with E-state index < -0.39 is 0 Å². The summed E-state index contributed by atoms with van der Waals surface area (Å²) in [6.45, 7) is 3.69. The van der Waals surface area contributed by atoms with Crippen molar-refractivity contribution in [3.05, 3.63) is 102 Å². The minimum absolute atomic E-state index is 0.846. The molecule has 0 heterocycles. The van der Waals surface area contributed by atoms with Gasteiger partial charge in [-0.2, -0.15) is 0 Å². The Balaban J connectivity index is 1.76. The van der Waals surface area contributed by atoms with E-state index in [0.29, 0.717) is 0 Å². The van der Waals surface area contributed by atoms with Gasteiger partial charge in [0.05, 0.1) is 5.70 Å². The summed E-state index contributed by atoms with van der Waals surface area (Å²) in [6.07, 6.45) is 2.97. The molecule has 0 aliphatic carbocycles. The molecule has 3 aromatic rings. The standard InChI is InChI=1S/C22H19N/c1-23-22(21-10-6-3-7-11-21)17-14-18-12-15-20(16-13-18)19-8-4-2-5-9-19/h2-13,15-17H,1,14H2/b22-17-. The summed E-state index contributed by atoms with van der Waals surface area (Å²) < 4.78 is 0. The molecule has 0 saturated carbocycles. The molecule has 0 spiro atoms. The van der Waals surface area contributed by atoms with E-state index in [1.54, 1.807) is 0 Å². The third-order valence-electron chi connectivity index (χ3n) is 3.83. The molecule has 0 saturated heterocycles. The molecule has 0 radical (unpaired) electrons. The zero-order valence-corrected chi connectivity index (χ0v) is 13.0. The summed E-state index contributed by atoms with van der Waals surface area (Å²) in [5.41, 5.74) is 5.78. The third kappa shape index (κ3) is 3.83. The van der Waals surface area contributed by atoms with Gasteiger partial charge in [-0.1, -0.05) is 91.0 Å². The van der Waals surface area contributed by atoms with Crippen molar-refractivity contribution in [2.75, 3.05) is 0 Å². The predicted octanol–water partition coefficient (Wildman–Crippen LogP) is 5.64. The van der Waals surface area contributed by atoms with Gasteiger partial charge in [-0.25, -0.2) is 0 Å². The van der Waals surface area contributed by atoms with E-state index in [2.05, 4.69) is 78.4 Å². The van der Waals surface area contributed by atoms with E-state index in [9.17, 15) is 0 Å². The predicted molar refractivity (Wildman–Crippen MR) is 99.6 cm³/mol. The maximum atomic E-state index is 4.15. The lowest BCUT2D eigenvalue weighted by Gasteiger charge is -2.04. The summed E-state index contributed by atoms with van der Waals surface area (Å²) in [6, 6.07) is 29.3. The molecule has 0 unspecified atom stereocenters. The summed E-state index contributed by atoms with van der Waals surface area (Å²) in [5.74, 6) is 0. The Morgan fingerprint density at radius 3 is 1.91 bits per heavy atom. The highest BCUT2D eigenvalue weighted by molar-refractivity contribution is 5.68. The Hall–Kier alpha value is -2.93. The molecular weight excluding hydrogens is 278 g/mol. The Morgan fingerprint density at radius 1 is 0.739 bits per heavy atom. The second-order valence-electron chi connectivity index (χ2n) is 5.38. The highest BCUT2D eigenvalue weighted by Crippen LogP contribution is 2.20. The van der Waals surface area contributed by atoms with Crippen molar-refractivity contribution in [1.82, 2.24) is 0 Å². The van der Waals surface area contributed by atoms with Crippen LogP contribution in [0.1, 0.15) is 11.1 Å². The molecular formula is C22H19N. The zero-order valence-electron chi connectivity index (χ0n) is 13.0. The normalized spacial score (nSPS) is 11.2. The number of benzene rings is 3. The molecule has 23 heavy (non-hydrogen) atoms. The van der Waals surface area contributed by atoms with Crippen molar-refractivity contribution in [2.24, 2.45) is 4.99 Å². The summed E-state index contributed by atoms with van der Waals surface area (Å²) in [5, 5.41) is 0. The van der Waals surface area contributed by atoms with E-state index in [-0.39, 0.29) is 0 Å². The average Bonchev–Trinajstić information content (AvgIpc) is 2.64. The largest absolute Gasteiger partial charge is 0.264 e. The van der Waals surface area contributed by atoms with E-state index in [4.69, 9.17) is 0 Å². The fraction of sp³-hybridized carbons (Fsp3) is 0.0455. The molecule has 0 aromatic heterocycles. The van der Waals surface area contributed by atoms with Gasteiger partial charge in [0.2, 0.25) is 0 Å². The molecule has 0 atom stereocenters. The highest BCUT2D eigenvalue weighted by Gasteiger charge is 1.99. The second kappa shape index (κ2) is 7.37. The Morgan fingerprint density at radius 2 is 1.30 bits per heavy atom. The number of allylic oxidation sites excluding steroid dienone is 1. The first kappa shape index (κ1) is 15.0. The Labute approximate surface area is 137 Å². The molecule has 1 heteroatoms. The molecule has 0 aliphatic rings. The maximum absolute atomic E-state index is 4.15. The van der Waals surface area contributed by atoms with E-state index in [1.165, 1.54) is 16.7 Å². The minimum atomic E-state index is 0.846. The Kier molecular flexibility index (Phi) is 4.80. The van der Waals surface area contributed by atoms with Gasteiger partial charge in [-0.05, 0) is 35.4 Å². The summed E-state index contributed by atoms with van der Waals surface area (Å²) >= 11 is 0. The van der Waals surface area contributed by atoms with Crippen LogP contribution in [-0.4, -0.2) is 6.72 Å². The van der Waals surface area contributed by atoms with Crippen LogP contribution in [0, 0.1) is 0 Å². The molecule has 112 valence electrons. The number of rotatable bonds is 5. The number of hydrogen-bond acceptors (Lipinski definition) is 1. The summed E-state index contributed by atoms with van der Waals surface area (Å²) in [4.78, 5) is 4.15. The van der Waals surface area contributed by atoms with Gasteiger partial charge in [0.25, 0.3) is 0 Å². The van der Waals surface area contributed by atoms with Gasteiger partial charge >= 0.3 is 0 Å². The lowest BCUT2D eigenvalue weighted by Crippen LogP contribution is -1.85. The van der Waals surface area contributed by atoms with Crippen LogP contribution >= 0.6 is 0 Å². The first-order chi connectivity index (χ1) is 11.4. The van der Waals surface area contributed by atoms with Gasteiger partial charge < -0.3 is 0 Å². The van der Waals surface area contributed by atoms with Crippen LogP contribution in [0.4, 0.5) is 0 Å². The van der Waals surface area contributed by atoms with Crippen molar-refractivity contribution >= 4 is 12.4 Å². The molecule has 3 rings (SSSR count). The van der Waals surface area contributed by atoms with E-state index >= 15 is 0 Å². The average molecular weight is 297 g/mol. The van der Waals surface area contributed by atoms with Crippen molar-refractivity contribution < 1.29 is 0 Å². The first-order valence-electron chi connectivity index (χ1n) is 7.73. The number of nitrogens with zero attached hydrogens (tertiary/aromatic N) is 1. The third-order valence-corrected chi connectivity index (χ3v) is 3.83.